The van der Waals surface area contributed by atoms with E-state index < -0.39 is 0 Å². The van der Waals surface area contributed by atoms with E-state index in [9.17, 15) is 0 Å². The third-order valence-corrected chi connectivity index (χ3v) is 2.41. The van der Waals surface area contributed by atoms with Crippen molar-refractivity contribution in [2.75, 3.05) is 24.2 Å². The Balaban J connectivity index is 2.04. The molecule has 2 N–H and O–H groups in total. The van der Waals surface area contributed by atoms with Gasteiger partial charge in [-0.25, -0.2) is 0 Å². The molecule has 0 bridgehead atoms. The predicted octanol–water partition coefficient (Wildman–Crippen LogP) is 1.51. The lowest BCUT2D eigenvalue weighted by Gasteiger charge is -2.18. The maximum atomic E-state index is 5.65. The second kappa shape index (κ2) is 3.24. The number of anilines is 2. The van der Waals surface area contributed by atoms with Gasteiger partial charge in [0.2, 0.25) is 0 Å². The quantitative estimate of drug-likeness (QED) is 0.761. The van der Waals surface area contributed by atoms with E-state index in [1.165, 1.54) is 12.8 Å². The molecule has 3 nitrogen and oxygen atoms in total. The second-order valence-corrected chi connectivity index (χ2v) is 3.80. The number of rotatable bonds is 3. The molecule has 0 spiro atoms. The maximum Gasteiger partial charge on any atom is 0.0570 e. The predicted molar refractivity (Wildman–Crippen MR) is 54.6 cm³/mol. The summed E-state index contributed by atoms with van der Waals surface area (Å²) < 4.78 is 0. The molecule has 1 fully saturated rings. The molecular formula is C10H15N3. The normalized spacial score (nSPS) is 15.8. The summed E-state index contributed by atoms with van der Waals surface area (Å²) in [5.74, 6) is 0.895. The van der Waals surface area contributed by atoms with Crippen molar-refractivity contribution < 1.29 is 0 Å². The van der Waals surface area contributed by atoms with Gasteiger partial charge >= 0.3 is 0 Å². The molecule has 1 aliphatic rings. The minimum Gasteiger partial charge on any atom is -0.397 e. The van der Waals surface area contributed by atoms with Crippen LogP contribution in [0.4, 0.5) is 11.4 Å². The van der Waals surface area contributed by atoms with Crippen molar-refractivity contribution in [3.05, 3.63) is 18.5 Å². The fraction of sp³-hybridized carbons (Fsp3) is 0.500. The number of nitrogen functional groups attached to an aromatic ring is 1. The summed E-state index contributed by atoms with van der Waals surface area (Å²) in [6.45, 7) is 1.13. The SMILES string of the molecule is CN(CC1CC1)c1cncc(N)c1. The Morgan fingerprint density at radius 2 is 2.31 bits per heavy atom. The standard InChI is InChI=1S/C10H15N3/c1-13(7-8-2-3-8)10-4-9(11)5-12-6-10/h4-6,8H,2-3,7,11H2,1H3. The van der Waals surface area contributed by atoms with Crippen molar-refractivity contribution in [3.8, 4) is 0 Å². The molecular weight excluding hydrogens is 162 g/mol. The number of nitrogens with zero attached hydrogens (tertiary/aromatic N) is 2. The lowest BCUT2D eigenvalue weighted by atomic mass is 10.3. The first-order valence-electron chi connectivity index (χ1n) is 4.67. The fourth-order valence-electron chi connectivity index (χ4n) is 1.45. The van der Waals surface area contributed by atoms with Crippen LogP contribution in [0.3, 0.4) is 0 Å². The molecule has 1 heterocycles. The fourth-order valence-corrected chi connectivity index (χ4v) is 1.45. The molecule has 0 aliphatic heterocycles. The Morgan fingerprint density at radius 1 is 1.54 bits per heavy atom. The van der Waals surface area contributed by atoms with E-state index >= 15 is 0 Å². The number of pyridine rings is 1. The summed E-state index contributed by atoms with van der Waals surface area (Å²) in [5.41, 5.74) is 7.51. The van der Waals surface area contributed by atoms with Gasteiger partial charge in [-0.2, -0.15) is 0 Å². The molecule has 1 saturated carbocycles. The molecule has 0 atom stereocenters. The topological polar surface area (TPSA) is 42.2 Å². The van der Waals surface area contributed by atoms with E-state index in [1.54, 1.807) is 6.20 Å². The van der Waals surface area contributed by atoms with E-state index in [4.69, 9.17) is 5.73 Å². The number of nitrogens with two attached hydrogens (primary N) is 1. The van der Waals surface area contributed by atoms with Crippen LogP contribution in [0.15, 0.2) is 18.5 Å². The van der Waals surface area contributed by atoms with Gasteiger partial charge in [-0.05, 0) is 24.8 Å². The van der Waals surface area contributed by atoms with E-state index in [0.717, 1.165) is 23.8 Å². The van der Waals surface area contributed by atoms with Crippen LogP contribution >= 0.6 is 0 Å². The van der Waals surface area contributed by atoms with Gasteiger partial charge in [-0.15, -0.1) is 0 Å². The Morgan fingerprint density at radius 3 is 2.92 bits per heavy atom. The first kappa shape index (κ1) is 8.35. The highest BCUT2D eigenvalue weighted by atomic mass is 15.1. The van der Waals surface area contributed by atoms with Crippen LogP contribution in [0.1, 0.15) is 12.8 Å². The third kappa shape index (κ3) is 2.11. The summed E-state index contributed by atoms with van der Waals surface area (Å²) in [4.78, 5) is 6.29. The van der Waals surface area contributed by atoms with Crippen molar-refractivity contribution in [1.29, 1.82) is 0 Å². The minimum atomic E-state index is 0.736. The van der Waals surface area contributed by atoms with Gasteiger partial charge in [-0.3, -0.25) is 4.98 Å². The molecule has 70 valence electrons. The Labute approximate surface area is 78.6 Å². The third-order valence-electron chi connectivity index (χ3n) is 2.41. The van der Waals surface area contributed by atoms with Gasteiger partial charge in [0.1, 0.15) is 0 Å². The molecule has 0 unspecified atom stereocenters. The second-order valence-electron chi connectivity index (χ2n) is 3.80. The van der Waals surface area contributed by atoms with Crippen molar-refractivity contribution in [1.82, 2.24) is 4.98 Å². The smallest absolute Gasteiger partial charge is 0.0570 e. The summed E-state index contributed by atoms with van der Waals surface area (Å²) >= 11 is 0. The molecule has 13 heavy (non-hydrogen) atoms. The Kier molecular flexibility index (Phi) is 2.08. The van der Waals surface area contributed by atoms with Crippen molar-refractivity contribution >= 4 is 11.4 Å². The van der Waals surface area contributed by atoms with Crippen molar-refractivity contribution in [2.45, 2.75) is 12.8 Å². The van der Waals surface area contributed by atoms with Crippen LogP contribution < -0.4 is 10.6 Å². The maximum absolute atomic E-state index is 5.65. The average molecular weight is 177 g/mol. The molecule has 3 heteroatoms. The number of hydrogen-bond donors (Lipinski definition) is 1. The minimum absolute atomic E-state index is 0.736. The van der Waals surface area contributed by atoms with Gasteiger partial charge in [-0.1, -0.05) is 0 Å². The monoisotopic (exact) mass is 177 g/mol. The molecule has 1 aliphatic carbocycles. The highest BCUT2D eigenvalue weighted by molar-refractivity contribution is 5.52. The first-order chi connectivity index (χ1) is 6.25. The van der Waals surface area contributed by atoms with Crippen LogP contribution in [0, 0.1) is 5.92 Å². The zero-order valence-electron chi connectivity index (χ0n) is 7.90. The average Bonchev–Trinajstić information content (AvgIpc) is 2.88. The van der Waals surface area contributed by atoms with Gasteiger partial charge in [0.05, 0.1) is 17.6 Å². The number of aromatic nitrogens is 1. The number of hydrogen-bond acceptors (Lipinski definition) is 3. The highest BCUT2D eigenvalue weighted by Crippen LogP contribution is 2.30. The van der Waals surface area contributed by atoms with E-state index in [1.807, 2.05) is 12.3 Å². The van der Waals surface area contributed by atoms with Crippen LogP contribution in [-0.4, -0.2) is 18.6 Å². The van der Waals surface area contributed by atoms with E-state index in [0.29, 0.717) is 0 Å². The van der Waals surface area contributed by atoms with Crippen molar-refractivity contribution in [2.24, 2.45) is 5.92 Å². The Bertz CT molecular complexity index is 294. The van der Waals surface area contributed by atoms with Crippen molar-refractivity contribution in [3.63, 3.8) is 0 Å². The summed E-state index contributed by atoms with van der Waals surface area (Å²) in [5, 5.41) is 0. The summed E-state index contributed by atoms with van der Waals surface area (Å²) in [6, 6.07) is 1.97. The largest absolute Gasteiger partial charge is 0.397 e. The molecule has 0 aromatic carbocycles. The molecule has 1 aromatic heterocycles. The van der Waals surface area contributed by atoms with E-state index in [-0.39, 0.29) is 0 Å². The summed E-state index contributed by atoms with van der Waals surface area (Å²) in [6.07, 6.45) is 6.29. The van der Waals surface area contributed by atoms with Crippen LogP contribution in [0.25, 0.3) is 0 Å². The van der Waals surface area contributed by atoms with Gasteiger partial charge < -0.3 is 10.6 Å². The van der Waals surface area contributed by atoms with Gasteiger partial charge in [0.15, 0.2) is 0 Å². The molecule has 1 aromatic rings. The lowest BCUT2D eigenvalue weighted by molar-refractivity contribution is 0.786. The van der Waals surface area contributed by atoms with Crippen LogP contribution in [0.5, 0.6) is 0 Å². The van der Waals surface area contributed by atoms with Gasteiger partial charge in [0, 0.05) is 19.8 Å². The first-order valence-corrected chi connectivity index (χ1v) is 4.67. The van der Waals surface area contributed by atoms with Crippen LogP contribution in [0.2, 0.25) is 0 Å². The summed E-state index contributed by atoms with van der Waals surface area (Å²) in [7, 11) is 2.09. The van der Waals surface area contributed by atoms with Gasteiger partial charge in [0.25, 0.3) is 0 Å². The molecule has 0 amide bonds. The van der Waals surface area contributed by atoms with Crippen LogP contribution in [-0.2, 0) is 0 Å². The molecule has 0 radical (unpaired) electrons. The zero-order chi connectivity index (χ0) is 9.26. The Hall–Kier alpha value is -1.25. The van der Waals surface area contributed by atoms with E-state index in [2.05, 4.69) is 16.9 Å². The lowest BCUT2D eigenvalue weighted by Crippen LogP contribution is -2.20. The molecule has 0 saturated heterocycles. The molecule has 2 rings (SSSR count). The zero-order valence-corrected chi connectivity index (χ0v) is 7.90. The highest BCUT2D eigenvalue weighted by Gasteiger charge is 2.22.